The number of carbonyl (C=O) groups is 1. The zero-order valence-corrected chi connectivity index (χ0v) is 11.7. The van der Waals surface area contributed by atoms with E-state index in [1.807, 2.05) is 37.3 Å². The van der Waals surface area contributed by atoms with E-state index in [4.69, 9.17) is 16.2 Å². The van der Waals surface area contributed by atoms with Gasteiger partial charge >= 0.3 is 5.97 Å². The molecule has 0 aliphatic rings. The van der Waals surface area contributed by atoms with Gasteiger partial charge in [-0.05, 0) is 12.0 Å². The van der Waals surface area contributed by atoms with E-state index >= 15 is 0 Å². The number of nitrogens with two attached hydrogens (primary N) is 2. The fourth-order valence-corrected chi connectivity index (χ4v) is 1.98. The number of esters is 1. The molecule has 0 saturated carbocycles. The molecule has 0 radical (unpaired) electrons. The van der Waals surface area contributed by atoms with Crippen molar-refractivity contribution in [1.29, 1.82) is 0 Å². The summed E-state index contributed by atoms with van der Waals surface area (Å²) < 4.78 is 5.24. The van der Waals surface area contributed by atoms with Gasteiger partial charge in [-0.1, -0.05) is 37.3 Å². The number of nitrogens with zero attached hydrogens (tertiary/aromatic N) is 3. The van der Waals surface area contributed by atoms with E-state index in [2.05, 4.69) is 15.0 Å². The molecule has 1 aromatic carbocycles. The average molecular weight is 287 g/mol. The van der Waals surface area contributed by atoms with E-state index < -0.39 is 0 Å². The lowest BCUT2D eigenvalue weighted by molar-refractivity contribution is -0.147. The molecule has 0 bridgehead atoms. The molecule has 1 heterocycles. The van der Waals surface area contributed by atoms with E-state index in [-0.39, 0.29) is 36.2 Å². The first-order valence-corrected chi connectivity index (χ1v) is 6.57. The topological polar surface area (TPSA) is 117 Å². The third-order valence-corrected chi connectivity index (χ3v) is 2.95. The van der Waals surface area contributed by atoms with Gasteiger partial charge in [-0.15, -0.1) is 0 Å². The molecule has 7 heteroatoms. The fraction of sp³-hybridized carbons (Fsp3) is 0.286. The zero-order valence-electron chi connectivity index (χ0n) is 11.7. The molecular weight excluding hydrogens is 270 g/mol. The number of aromatic nitrogens is 3. The van der Waals surface area contributed by atoms with Gasteiger partial charge in [0, 0.05) is 0 Å². The van der Waals surface area contributed by atoms with Crippen LogP contribution in [-0.2, 0) is 16.1 Å². The summed E-state index contributed by atoms with van der Waals surface area (Å²) in [5.74, 6) is -0.410. The van der Waals surface area contributed by atoms with Gasteiger partial charge in [0.05, 0.1) is 5.92 Å². The summed E-state index contributed by atoms with van der Waals surface area (Å²) in [5.41, 5.74) is 11.8. The maximum atomic E-state index is 12.2. The first-order valence-electron chi connectivity index (χ1n) is 6.57. The Labute approximate surface area is 122 Å². The van der Waals surface area contributed by atoms with Gasteiger partial charge in [-0.2, -0.15) is 15.0 Å². The second-order valence-electron chi connectivity index (χ2n) is 4.45. The summed E-state index contributed by atoms with van der Waals surface area (Å²) in [4.78, 5) is 23.5. The average Bonchev–Trinajstić information content (AvgIpc) is 2.46. The van der Waals surface area contributed by atoms with Crippen molar-refractivity contribution >= 4 is 17.9 Å². The van der Waals surface area contributed by atoms with Gasteiger partial charge in [0.25, 0.3) is 0 Å². The van der Waals surface area contributed by atoms with Crippen LogP contribution in [0.3, 0.4) is 0 Å². The van der Waals surface area contributed by atoms with Crippen molar-refractivity contribution in [3.63, 3.8) is 0 Å². The van der Waals surface area contributed by atoms with E-state index in [1.54, 1.807) is 0 Å². The highest BCUT2D eigenvalue weighted by molar-refractivity contribution is 5.78. The van der Waals surface area contributed by atoms with Crippen LogP contribution in [0.25, 0.3) is 0 Å². The Hall–Kier alpha value is -2.70. The van der Waals surface area contributed by atoms with Crippen LogP contribution in [0.2, 0.25) is 0 Å². The minimum atomic E-state index is -0.332. The van der Waals surface area contributed by atoms with Crippen LogP contribution in [0, 0.1) is 0 Å². The van der Waals surface area contributed by atoms with Gasteiger partial charge in [0.15, 0.2) is 12.4 Å². The first kappa shape index (κ1) is 14.7. The Morgan fingerprint density at radius 1 is 1.14 bits per heavy atom. The highest BCUT2D eigenvalue weighted by atomic mass is 16.5. The van der Waals surface area contributed by atoms with E-state index in [9.17, 15) is 4.79 Å². The van der Waals surface area contributed by atoms with Crippen LogP contribution in [0.5, 0.6) is 0 Å². The smallest absolute Gasteiger partial charge is 0.313 e. The molecule has 0 amide bonds. The maximum Gasteiger partial charge on any atom is 0.313 e. The molecular formula is C14H17N5O2. The highest BCUT2D eigenvalue weighted by Crippen LogP contribution is 2.21. The largest absolute Gasteiger partial charge is 0.457 e. The number of hydrogen-bond donors (Lipinski definition) is 2. The van der Waals surface area contributed by atoms with Gasteiger partial charge in [0.2, 0.25) is 11.9 Å². The number of benzene rings is 1. The molecule has 0 aliphatic heterocycles. The molecule has 4 N–H and O–H groups in total. The Kier molecular flexibility index (Phi) is 4.65. The standard InChI is InChI=1S/C14H17N5O2/c1-2-10(9-6-4-3-5-7-9)12(20)21-8-11-17-13(15)19-14(16)18-11/h3-7,10H,2,8H2,1H3,(H4,15,16,17,18,19). The molecule has 0 fully saturated rings. The molecule has 0 saturated heterocycles. The SMILES string of the molecule is CCC(C(=O)OCc1nc(N)nc(N)n1)c1ccccc1. The number of carbonyl (C=O) groups excluding carboxylic acids is 1. The minimum Gasteiger partial charge on any atom is -0.457 e. The summed E-state index contributed by atoms with van der Waals surface area (Å²) in [6, 6.07) is 9.47. The molecule has 1 aromatic heterocycles. The summed E-state index contributed by atoms with van der Waals surface area (Å²) in [7, 11) is 0. The van der Waals surface area contributed by atoms with Crippen molar-refractivity contribution in [3.8, 4) is 0 Å². The van der Waals surface area contributed by atoms with Crippen molar-refractivity contribution in [2.75, 3.05) is 11.5 Å². The Morgan fingerprint density at radius 3 is 2.33 bits per heavy atom. The summed E-state index contributed by atoms with van der Waals surface area (Å²) in [5, 5.41) is 0. The van der Waals surface area contributed by atoms with Gasteiger partial charge < -0.3 is 16.2 Å². The van der Waals surface area contributed by atoms with Crippen molar-refractivity contribution in [2.45, 2.75) is 25.9 Å². The van der Waals surface area contributed by atoms with Crippen LogP contribution in [0.15, 0.2) is 30.3 Å². The number of rotatable bonds is 5. The molecule has 21 heavy (non-hydrogen) atoms. The van der Waals surface area contributed by atoms with E-state index in [0.717, 1.165) is 5.56 Å². The van der Waals surface area contributed by atoms with Crippen LogP contribution >= 0.6 is 0 Å². The van der Waals surface area contributed by atoms with Crippen LogP contribution in [-0.4, -0.2) is 20.9 Å². The minimum absolute atomic E-state index is 0.00338. The van der Waals surface area contributed by atoms with Crippen molar-refractivity contribution in [2.24, 2.45) is 0 Å². The number of nitrogen functional groups attached to an aromatic ring is 2. The third kappa shape index (κ3) is 3.88. The zero-order chi connectivity index (χ0) is 15.2. The summed E-state index contributed by atoms with van der Waals surface area (Å²) in [6.45, 7) is 1.84. The highest BCUT2D eigenvalue weighted by Gasteiger charge is 2.20. The molecule has 2 rings (SSSR count). The number of anilines is 2. The second kappa shape index (κ2) is 6.65. The Bertz CT molecular complexity index is 598. The molecule has 110 valence electrons. The van der Waals surface area contributed by atoms with Crippen molar-refractivity contribution in [1.82, 2.24) is 15.0 Å². The maximum absolute atomic E-state index is 12.2. The van der Waals surface area contributed by atoms with Crippen LogP contribution < -0.4 is 11.5 Å². The summed E-state index contributed by atoms with van der Waals surface area (Å²) in [6.07, 6.45) is 0.643. The van der Waals surface area contributed by atoms with Crippen LogP contribution in [0.4, 0.5) is 11.9 Å². The number of hydrogen-bond acceptors (Lipinski definition) is 7. The molecule has 1 atom stereocenters. The van der Waals surface area contributed by atoms with Crippen LogP contribution in [0.1, 0.15) is 30.7 Å². The molecule has 1 unspecified atom stereocenters. The lowest BCUT2D eigenvalue weighted by Crippen LogP contribution is -2.17. The lowest BCUT2D eigenvalue weighted by atomic mass is 9.97. The quantitative estimate of drug-likeness (QED) is 0.795. The predicted octanol–water partition coefficient (Wildman–Crippen LogP) is 1.27. The first-order chi connectivity index (χ1) is 10.1. The van der Waals surface area contributed by atoms with Gasteiger partial charge in [0.1, 0.15) is 0 Å². The van der Waals surface area contributed by atoms with E-state index in [0.29, 0.717) is 6.42 Å². The second-order valence-corrected chi connectivity index (χ2v) is 4.45. The summed E-state index contributed by atoms with van der Waals surface area (Å²) >= 11 is 0. The molecule has 2 aromatic rings. The fourth-order valence-electron chi connectivity index (χ4n) is 1.98. The Morgan fingerprint density at radius 2 is 1.76 bits per heavy atom. The molecule has 0 aliphatic carbocycles. The van der Waals surface area contributed by atoms with Crippen molar-refractivity contribution in [3.05, 3.63) is 41.7 Å². The third-order valence-electron chi connectivity index (χ3n) is 2.95. The van der Waals surface area contributed by atoms with Gasteiger partial charge in [-0.3, -0.25) is 4.79 Å². The monoisotopic (exact) mass is 287 g/mol. The lowest BCUT2D eigenvalue weighted by Gasteiger charge is -2.14. The van der Waals surface area contributed by atoms with Gasteiger partial charge in [-0.25, -0.2) is 0 Å². The number of ether oxygens (including phenoxy) is 1. The molecule has 7 nitrogen and oxygen atoms in total. The van der Waals surface area contributed by atoms with Crippen molar-refractivity contribution < 1.29 is 9.53 Å². The normalized spacial score (nSPS) is 11.9. The van der Waals surface area contributed by atoms with E-state index in [1.165, 1.54) is 0 Å². The Balaban J connectivity index is 2.03. The predicted molar refractivity (Wildman–Crippen MR) is 77.9 cm³/mol. The molecule has 0 spiro atoms.